The zero-order chi connectivity index (χ0) is 22.6. The molecule has 0 N–H and O–H groups in total. The largest absolute Gasteiger partial charge is 0.497 e. The molecule has 0 atom stereocenters. The van der Waals surface area contributed by atoms with Crippen LogP contribution in [0.25, 0.3) is 11.0 Å². The Balaban J connectivity index is 2.25. The molecule has 3 nitrogen and oxygen atoms in total. The number of aryl methyl sites for hydroxylation is 1. The van der Waals surface area contributed by atoms with Gasteiger partial charge in [-0.3, -0.25) is 0 Å². The van der Waals surface area contributed by atoms with Crippen molar-refractivity contribution in [1.82, 2.24) is 0 Å². The highest BCUT2D eigenvalue weighted by atomic mass is 35.5. The van der Waals surface area contributed by atoms with Gasteiger partial charge in [0.2, 0.25) is 0 Å². The fourth-order valence-corrected chi connectivity index (χ4v) is 3.99. The number of ether oxygens (including phenoxy) is 1. The predicted molar refractivity (Wildman–Crippen MR) is 127 cm³/mol. The van der Waals surface area contributed by atoms with E-state index in [-0.39, 0.29) is 10.6 Å². The molecular formula is C25H31BClFO3. The summed E-state index contributed by atoms with van der Waals surface area (Å²) in [6.07, 6.45) is 3.45. The molecule has 0 aromatic heterocycles. The molecule has 0 bridgehead atoms. The fraction of sp³-hybridized carbons (Fsp3) is 0.440. The number of hydrogen-bond donors (Lipinski definition) is 0. The highest BCUT2D eigenvalue weighted by Crippen LogP contribution is 2.40. The summed E-state index contributed by atoms with van der Waals surface area (Å²) < 4.78 is 32.5. The minimum Gasteiger partial charge on any atom is -0.497 e. The SMILES string of the molecule is CCOB(OC(C)(C)CC)C1=C(c2ccc(Cl)c(F)c2)CCCc2cc(OC)ccc21. The van der Waals surface area contributed by atoms with Gasteiger partial charge in [0.1, 0.15) is 11.6 Å². The van der Waals surface area contributed by atoms with Gasteiger partial charge in [0, 0.05) is 12.2 Å². The second-order valence-corrected chi connectivity index (χ2v) is 8.82. The van der Waals surface area contributed by atoms with Crippen LogP contribution in [0.1, 0.15) is 63.6 Å². The molecule has 0 spiro atoms. The van der Waals surface area contributed by atoms with Crippen molar-refractivity contribution in [2.45, 2.75) is 59.0 Å². The molecule has 0 heterocycles. The van der Waals surface area contributed by atoms with Gasteiger partial charge in [-0.25, -0.2) is 4.39 Å². The number of fused-ring (bicyclic) bond motifs is 1. The predicted octanol–water partition coefficient (Wildman–Crippen LogP) is 7.00. The zero-order valence-corrected chi connectivity index (χ0v) is 19.8. The van der Waals surface area contributed by atoms with E-state index in [9.17, 15) is 4.39 Å². The Morgan fingerprint density at radius 2 is 1.87 bits per heavy atom. The zero-order valence-electron chi connectivity index (χ0n) is 19.1. The maximum atomic E-state index is 14.4. The fourth-order valence-electron chi connectivity index (χ4n) is 3.87. The van der Waals surface area contributed by atoms with Gasteiger partial charge in [-0.1, -0.05) is 30.7 Å². The summed E-state index contributed by atoms with van der Waals surface area (Å²) in [5.41, 5.74) is 4.67. The normalized spacial score (nSPS) is 14.3. The summed E-state index contributed by atoms with van der Waals surface area (Å²) in [6, 6.07) is 11.1. The van der Waals surface area contributed by atoms with Crippen LogP contribution in [0.15, 0.2) is 36.4 Å². The summed E-state index contributed by atoms with van der Waals surface area (Å²) in [6.45, 7) is 8.68. The number of halogens is 2. The smallest absolute Gasteiger partial charge is 0.495 e. The highest BCUT2D eigenvalue weighted by Gasteiger charge is 2.36. The lowest BCUT2D eigenvalue weighted by Crippen LogP contribution is -2.37. The van der Waals surface area contributed by atoms with Gasteiger partial charge in [0.05, 0.1) is 12.1 Å². The van der Waals surface area contributed by atoms with Crippen LogP contribution in [0, 0.1) is 5.82 Å². The third kappa shape index (κ3) is 5.52. The van der Waals surface area contributed by atoms with Crippen molar-refractivity contribution in [2.75, 3.05) is 13.7 Å². The van der Waals surface area contributed by atoms with E-state index in [4.69, 9.17) is 25.6 Å². The molecular weight excluding hydrogens is 414 g/mol. The van der Waals surface area contributed by atoms with Crippen LogP contribution in [0.2, 0.25) is 5.02 Å². The van der Waals surface area contributed by atoms with E-state index in [0.717, 1.165) is 53.6 Å². The lowest BCUT2D eigenvalue weighted by atomic mass is 9.68. The van der Waals surface area contributed by atoms with Crippen molar-refractivity contribution in [2.24, 2.45) is 0 Å². The third-order valence-electron chi connectivity index (χ3n) is 5.90. The molecule has 6 heteroatoms. The Morgan fingerprint density at radius 3 is 2.52 bits per heavy atom. The minimum absolute atomic E-state index is 0.120. The van der Waals surface area contributed by atoms with Gasteiger partial charge < -0.3 is 14.0 Å². The van der Waals surface area contributed by atoms with Crippen molar-refractivity contribution in [3.8, 4) is 5.75 Å². The quantitative estimate of drug-likeness (QED) is 0.410. The van der Waals surface area contributed by atoms with Crippen LogP contribution < -0.4 is 4.74 Å². The lowest BCUT2D eigenvalue weighted by Gasteiger charge is -2.30. The van der Waals surface area contributed by atoms with Crippen LogP contribution in [0.5, 0.6) is 5.75 Å². The van der Waals surface area contributed by atoms with Crippen LogP contribution in [0.3, 0.4) is 0 Å². The lowest BCUT2D eigenvalue weighted by molar-refractivity contribution is 0.0712. The Morgan fingerprint density at radius 1 is 1.10 bits per heavy atom. The molecule has 0 aliphatic heterocycles. The molecule has 0 saturated heterocycles. The number of rotatable bonds is 8. The first-order chi connectivity index (χ1) is 14.8. The molecule has 31 heavy (non-hydrogen) atoms. The molecule has 0 fully saturated rings. The Kier molecular flexibility index (Phi) is 7.85. The Labute approximate surface area is 190 Å². The van der Waals surface area contributed by atoms with Crippen molar-refractivity contribution in [3.63, 3.8) is 0 Å². The molecule has 0 saturated carbocycles. The Hall–Kier alpha value is -1.82. The number of methoxy groups -OCH3 is 1. The third-order valence-corrected chi connectivity index (χ3v) is 6.21. The van der Waals surface area contributed by atoms with Crippen molar-refractivity contribution >= 4 is 29.8 Å². The van der Waals surface area contributed by atoms with Gasteiger partial charge >= 0.3 is 7.12 Å². The van der Waals surface area contributed by atoms with E-state index in [1.165, 1.54) is 11.6 Å². The Bertz CT molecular complexity index is 958. The minimum atomic E-state index is -0.570. The van der Waals surface area contributed by atoms with Crippen LogP contribution in [-0.2, 0) is 15.7 Å². The summed E-state index contributed by atoms with van der Waals surface area (Å²) in [7, 11) is 1.10. The molecule has 0 amide bonds. The summed E-state index contributed by atoms with van der Waals surface area (Å²) in [4.78, 5) is 0. The average molecular weight is 445 g/mol. The molecule has 0 radical (unpaired) electrons. The number of allylic oxidation sites excluding steroid dienone is 1. The van der Waals surface area contributed by atoms with Gasteiger partial charge in [-0.15, -0.1) is 0 Å². The van der Waals surface area contributed by atoms with E-state index in [0.29, 0.717) is 6.61 Å². The molecule has 166 valence electrons. The van der Waals surface area contributed by atoms with E-state index in [1.54, 1.807) is 13.2 Å². The summed E-state index contributed by atoms with van der Waals surface area (Å²) >= 11 is 5.97. The van der Waals surface area contributed by atoms with Crippen LogP contribution in [0.4, 0.5) is 4.39 Å². The molecule has 0 unspecified atom stereocenters. The van der Waals surface area contributed by atoms with Gasteiger partial charge in [0.15, 0.2) is 0 Å². The number of hydrogen-bond acceptors (Lipinski definition) is 3. The molecule has 2 aromatic carbocycles. The monoisotopic (exact) mass is 444 g/mol. The molecule has 1 aliphatic rings. The van der Waals surface area contributed by atoms with Crippen molar-refractivity contribution in [3.05, 3.63) is 63.9 Å². The number of benzene rings is 2. The maximum absolute atomic E-state index is 14.4. The van der Waals surface area contributed by atoms with Gasteiger partial charge in [-0.05, 0) is 98.5 Å². The van der Waals surface area contributed by atoms with E-state index >= 15 is 0 Å². The first kappa shape index (κ1) is 23.8. The first-order valence-electron chi connectivity index (χ1n) is 10.9. The second-order valence-electron chi connectivity index (χ2n) is 8.42. The first-order valence-corrected chi connectivity index (χ1v) is 11.3. The average Bonchev–Trinajstić information content (AvgIpc) is 2.94. The van der Waals surface area contributed by atoms with Crippen LogP contribution in [-0.4, -0.2) is 26.4 Å². The van der Waals surface area contributed by atoms with Crippen molar-refractivity contribution in [1.29, 1.82) is 0 Å². The van der Waals surface area contributed by atoms with Crippen LogP contribution >= 0.6 is 11.6 Å². The summed E-state index contributed by atoms with van der Waals surface area (Å²) in [5, 5.41) is 0.120. The van der Waals surface area contributed by atoms with Gasteiger partial charge in [-0.2, -0.15) is 0 Å². The van der Waals surface area contributed by atoms with Crippen molar-refractivity contribution < 1.29 is 18.4 Å². The molecule has 3 rings (SSSR count). The highest BCUT2D eigenvalue weighted by molar-refractivity contribution is 6.70. The van der Waals surface area contributed by atoms with Gasteiger partial charge in [0.25, 0.3) is 0 Å². The molecule has 2 aromatic rings. The topological polar surface area (TPSA) is 27.7 Å². The summed E-state index contributed by atoms with van der Waals surface area (Å²) in [5.74, 6) is 0.398. The second kappa shape index (κ2) is 10.2. The van der Waals surface area contributed by atoms with E-state index in [2.05, 4.69) is 32.9 Å². The van der Waals surface area contributed by atoms with E-state index < -0.39 is 12.9 Å². The van der Waals surface area contributed by atoms with E-state index in [1.807, 2.05) is 19.1 Å². The maximum Gasteiger partial charge on any atom is 0.495 e. The molecule has 1 aliphatic carbocycles. The standard InChI is InChI=1S/C25H31BClFO3/c1-6-25(3,4)31-26(30-7-2)24-20(18-11-14-22(27)23(28)16-18)10-8-9-17-15-19(29-5)12-13-21(17)24/h11-16H,6-10H2,1-5H3.